The first-order valence-corrected chi connectivity index (χ1v) is 9.52. The number of halogens is 1. The van der Waals surface area contributed by atoms with Crippen molar-refractivity contribution in [3.8, 4) is 0 Å². The lowest BCUT2D eigenvalue weighted by molar-refractivity contribution is -0.122. The maximum Gasteiger partial charge on any atom is 0.229 e. The molecule has 146 valence electrons. The van der Waals surface area contributed by atoms with Crippen molar-refractivity contribution in [1.29, 1.82) is 0 Å². The van der Waals surface area contributed by atoms with Gasteiger partial charge in [0.15, 0.2) is 0 Å². The van der Waals surface area contributed by atoms with E-state index >= 15 is 0 Å². The van der Waals surface area contributed by atoms with E-state index in [4.69, 9.17) is 11.6 Å². The van der Waals surface area contributed by atoms with Gasteiger partial charge in [-0.15, -0.1) is 0 Å². The van der Waals surface area contributed by atoms with E-state index in [0.29, 0.717) is 22.9 Å². The highest BCUT2D eigenvalue weighted by molar-refractivity contribution is 6.34. The molecule has 1 aliphatic rings. The molecule has 6 nitrogen and oxygen atoms in total. The molecule has 3 amide bonds. The van der Waals surface area contributed by atoms with E-state index in [-0.39, 0.29) is 24.1 Å². The highest BCUT2D eigenvalue weighted by atomic mass is 35.5. The highest BCUT2D eigenvalue weighted by Gasteiger charge is 2.35. The van der Waals surface area contributed by atoms with Gasteiger partial charge in [0.2, 0.25) is 17.7 Å². The van der Waals surface area contributed by atoms with Gasteiger partial charge in [0.25, 0.3) is 0 Å². The molecular weight excluding hydrogens is 378 g/mol. The number of carbonyl (C=O) groups is 3. The van der Waals surface area contributed by atoms with Crippen molar-refractivity contribution >= 4 is 46.4 Å². The Bertz CT molecular complexity index is 929. The lowest BCUT2D eigenvalue weighted by atomic mass is 10.1. The van der Waals surface area contributed by atoms with E-state index in [2.05, 4.69) is 17.6 Å². The van der Waals surface area contributed by atoms with Gasteiger partial charge in [-0.25, -0.2) is 0 Å². The average Bonchev–Trinajstić information content (AvgIpc) is 3.05. The van der Waals surface area contributed by atoms with Gasteiger partial charge < -0.3 is 15.5 Å². The standard InChI is InChI=1S/C21H22ClN3O3/c1-3-14-5-4-6-17(9-14)25-12-15(10-20(25)27)21(28)24-16-7-8-19(18(22)11-16)23-13(2)26/h4-9,11,15H,3,10,12H2,1-2H3,(H,23,26)(H,24,28)/t15-/m1/s1. The zero-order chi connectivity index (χ0) is 20.3. The van der Waals surface area contributed by atoms with Gasteiger partial charge in [-0.1, -0.05) is 30.7 Å². The van der Waals surface area contributed by atoms with Crippen molar-refractivity contribution < 1.29 is 14.4 Å². The van der Waals surface area contributed by atoms with Crippen LogP contribution in [0.5, 0.6) is 0 Å². The molecule has 0 aromatic heterocycles. The highest BCUT2D eigenvalue weighted by Crippen LogP contribution is 2.29. The normalized spacial score (nSPS) is 16.2. The number of amides is 3. The quantitative estimate of drug-likeness (QED) is 0.801. The van der Waals surface area contributed by atoms with Crippen molar-refractivity contribution in [2.24, 2.45) is 5.92 Å². The van der Waals surface area contributed by atoms with Gasteiger partial charge in [0.1, 0.15) is 0 Å². The summed E-state index contributed by atoms with van der Waals surface area (Å²) in [7, 11) is 0. The Kier molecular flexibility index (Phi) is 5.99. The Morgan fingerprint density at radius 1 is 1.18 bits per heavy atom. The van der Waals surface area contributed by atoms with Crippen LogP contribution in [0.15, 0.2) is 42.5 Å². The van der Waals surface area contributed by atoms with E-state index in [9.17, 15) is 14.4 Å². The first-order chi connectivity index (χ1) is 13.4. The molecule has 1 aliphatic heterocycles. The molecule has 7 heteroatoms. The summed E-state index contributed by atoms with van der Waals surface area (Å²) >= 11 is 6.14. The second kappa shape index (κ2) is 8.44. The zero-order valence-corrected chi connectivity index (χ0v) is 16.5. The van der Waals surface area contributed by atoms with Crippen molar-refractivity contribution in [1.82, 2.24) is 0 Å². The number of hydrogen-bond donors (Lipinski definition) is 2. The predicted octanol–water partition coefficient (Wildman–Crippen LogP) is 3.85. The third kappa shape index (κ3) is 4.51. The van der Waals surface area contributed by atoms with Gasteiger partial charge in [-0.3, -0.25) is 14.4 Å². The second-order valence-corrected chi connectivity index (χ2v) is 7.20. The summed E-state index contributed by atoms with van der Waals surface area (Å²) in [5.74, 6) is -0.958. The molecule has 0 unspecified atom stereocenters. The van der Waals surface area contributed by atoms with Crippen LogP contribution in [0.2, 0.25) is 5.02 Å². The average molecular weight is 400 g/mol. The van der Waals surface area contributed by atoms with E-state index in [1.54, 1.807) is 23.1 Å². The number of rotatable bonds is 5. The van der Waals surface area contributed by atoms with Crippen LogP contribution in [-0.2, 0) is 20.8 Å². The van der Waals surface area contributed by atoms with Crippen molar-refractivity contribution in [3.05, 3.63) is 53.1 Å². The molecule has 0 aliphatic carbocycles. The van der Waals surface area contributed by atoms with E-state index in [1.807, 2.05) is 24.3 Å². The van der Waals surface area contributed by atoms with Gasteiger partial charge >= 0.3 is 0 Å². The summed E-state index contributed by atoms with van der Waals surface area (Å²) < 4.78 is 0. The maximum atomic E-state index is 12.6. The Hall–Kier alpha value is -2.86. The molecule has 0 spiro atoms. The zero-order valence-electron chi connectivity index (χ0n) is 15.8. The number of nitrogens with zero attached hydrogens (tertiary/aromatic N) is 1. The Morgan fingerprint density at radius 3 is 2.64 bits per heavy atom. The Balaban J connectivity index is 1.67. The molecule has 0 bridgehead atoms. The number of aryl methyl sites for hydroxylation is 1. The molecule has 1 heterocycles. The fourth-order valence-corrected chi connectivity index (χ4v) is 3.43. The molecule has 2 N–H and O–H groups in total. The molecule has 2 aromatic carbocycles. The van der Waals surface area contributed by atoms with Crippen LogP contribution in [0, 0.1) is 5.92 Å². The van der Waals surface area contributed by atoms with Gasteiger partial charge in [-0.2, -0.15) is 0 Å². The van der Waals surface area contributed by atoms with Gasteiger partial charge in [0.05, 0.1) is 16.6 Å². The van der Waals surface area contributed by atoms with Crippen LogP contribution in [0.25, 0.3) is 0 Å². The van der Waals surface area contributed by atoms with Crippen molar-refractivity contribution in [2.45, 2.75) is 26.7 Å². The van der Waals surface area contributed by atoms with Crippen molar-refractivity contribution in [2.75, 3.05) is 22.1 Å². The molecule has 2 aromatic rings. The SMILES string of the molecule is CCc1cccc(N2C[C@H](C(=O)Nc3ccc(NC(C)=O)c(Cl)c3)CC2=O)c1. The predicted molar refractivity (Wildman–Crippen MR) is 111 cm³/mol. The lowest BCUT2D eigenvalue weighted by Gasteiger charge is -2.17. The number of nitrogens with one attached hydrogen (secondary N) is 2. The van der Waals surface area contributed by atoms with E-state index in [1.165, 1.54) is 6.92 Å². The second-order valence-electron chi connectivity index (χ2n) is 6.79. The summed E-state index contributed by atoms with van der Waals surface area (Å²) in [6.07, 6.45) is 1.05. The molecule has 3 rings (SSSR count). The van der Waals surface area contributed by atoms with Gasteiger partial charge in [0, 0.05) is 31.3 Å². The fraction of sp³-hybridized carbons (Fsp3) is 0.286. The summed E-state index contributed by atoms with van der Waals surface area (Å²) in [5, 5.41) is 5.75. The van der Waals surface area contributed by atoms with E-state index in [0.717, 1.165) is 17.7 Å². The number of anilines is 3. The van der Waals surface area contributed by atoms with Crippen LogP contribution in [0.3, 0.4) is 0 Å². The smallest absolute Gasteiger partial charge is 0.229 e. The monoisotopic (exact) mass is 399 g/mol. The molecule has 1 fully saturated rings. The number of benzene rings is 2. The summed E-state index contributed by atoms with van der Waals surface area (Å²) in [6, 6.07) is 12.7. The first-order valence-electron chi connectivity index (χ1n) is 9.14. The van der Waals surface area contributed by atoms with Crippen LogP contribution >= 0.6 is 11.6 Å². The molecule has 28 heavy (non-hydrogen) atoms. The molecule has 1 atom stereocenters. The van der Waals surface area contributed by atoms with Crippen LogP contribution in [0.1, 0.15) is 25.8 Å². The fourth-order valence-electron chi connectivity index (χ4n) is 3.21. The lowest BCUT2D eigenvalue weighted by Crippen LogP contribution is -2.28. The molecule has 0 saturated carbocycles. The topological polar surface area (TPSA) is 78.5 Å². The summed E-state index contributed by atoms with van der Waals surface area (Å²) in [4.78, 5) is 37.9. The third-order valence-corrected chi connectivity index (χ3v) is 4.99. The minimum absolute atomic E-state index is 0.0626. The number of carbonyl (C=O) groups excluding carboxylic acids is 3. The van der Waals surface area contributed by atoms with Crippen LogP contribution < -0.4 is 15.5 Å². The minimum atomic E-state index is -0.438. The van der Waals surface area contributed by atoms with Crippen molar-refractivity contribution in [3.63, 3.8) is 0 Å². The Labute approximate surface area is 168 Å². The third-order valence-electron chi connectivity index (χ3n) is 4.67. The molecule has 1 saturated heterocycles. The minimum Gasteiger partial charge on any atom is -0.326 e. The summed E-state index contributed by atoms with van der Waals surface area (Å²) in [5.41, 5.74) is 2.96. The Morgan fingerprint density at radius 2 is 1.96 bits per heavy atom. The van der Waals surface area contributed by atoms with E-state index < -0.39 is 5.92 Å². The molecular formula is C21H22ClN3O3. The van der Waals surface area contributed by atoms with Crippen LogP contribution in [-0.4, -0.2) is 24.3 Å². The molecule has 0 radical (unpaired) electrons. The summed E-state index contributed by atoms with van der Waals surface area (Å²) in [6.45, 7) is 3.80. The van der Waals surface area contributed by atoms with Crippen LogP contribution in [0.4, 0.5) is 17.1 Å². The first kappa shape index (κ1) is 19.9. The van der Waals surface area contributed by atoms with Gasteiger partial charge in [-0.05, 0) is 42.3 Å². The largest absolute Gasteiger partial charge is 0.326 e. The maximum absolute atomic E-state index is 12.6. The number of hydrogen-bond acceptors (Lipinski definition) is 3.